The lowest BCUT2D eigenvalue weighted by molar-refractivity contribution is -0.384. The number of nitrogens with zero attached hydrogens (tertiary/aromatic N) is 2. The summed E-state index contributed by atoms with van der Waals surface area (Å²) in [6.45, 7) is 0.288. The molecule has 3 aromatic rings. The number of non-ortho nitro benzene ring substituents is 1. The monoisotopic (exact) mass is 547 g/mol. The fourth-order valence-electron chi connectivity index (χ4n) is 5.42. The SMILES string of the molecule is COc1cc([N+](=O)[O-])ccc1Oc1ccc(CNC(=O)c2ccc(O[C@]34CCC[C@H](CC3)N4C(=O)O)cc2)cc1. The quantitative estimate of drug-likeness (QED) is 0.256. The van der Waals surface area contributed by atoms with Crippen molar-refractivity contribution in [2.45, 2.75) is 50.4 Å². The van der Waals surface area contributed by atoms with Crippen LogP contribution in [0.4, 0.5) is 10.5 Å². The molecule has 11 nitrogen and oxygen atoms in total. The Balaban J connectivity index is 1.16. The Morgan fingerprint density at radius 1 is 1.02 bits per heavy atom. The largest absolute Gasteiger partial charge is 0.493 e. The Kier molecular flexibility index (Phi) is 7.45. The number of carbonyl (C=O) groups is 2. The Bertz CT molecular complexity index is 1410. The number of ether oxygens (including phenoxy) is 3. The maximum absolute atomic E-state index is 12.7. The number of methoxy groups -OCH3 is 1. The second kappa shape index (κ2) is 11.1. The molecule has 2 aliphatic heterocycles. The number of nitrogens with one attached hydrogen (secondary N) is 1. The zero-order valence-corrected chi connectivity index (χ0v) is 21.9. The summed E-state index contributed by atoms with van der Waals surface area (Å²) in [5, 5.41) is 23.6. The molecule has 0 aliphatic carbocycles. The number of benzene rings is 3. The van der Waals surface area contributed by atoms with Crippen molar-refractivity contribution in [2.75, 3.05) is 7.11 Å². The third-order valence-corrected chi connectivity index (χ3v) is 7.37. The minimum atomic E-state index is -0.955. The Morgan fingerprint density at radius 3 is 2.42 bits per heavy atom. The van der Waals surface area contributed by atoms with Gasteiger partial charge in [0.05, 0.1) is 18.1 Å². The van der Waals surface area contributed by atoms with Gasteiger partial charge in [-0.15, -0.1) is 0 Å². The molecule has 0 unspecified atom stereocenters. The van der Waals surface area contributed by atoms with Gasteiger partial charge < -0.3 is 24.6 Å². The third kappa shape index (κ3) is 5.49. The van der Waals surface area contributed by atoms with E-state index in [-0.39, 0.29) is 29.9 Å². The summed E-state index contributed by atoms with van der Waals surface area (Å²) in [6.07, 6.45) is 2.95. The van der Waals surface area contributed by atoms with Gasteiger partial charge in [-0.2, -0.15) is 0 Å². The maximum atomic E-state index is 12.7. The van der Waals surface area contributed by atoms with Crippen LogP contribution in [0.3, 0.4) is 0 Å². The van der Waals surface area contributed by atoms with E-state index in [0.717, 1.165) is 24.8 Å². The number of hydrogen-bond donors (Lipinski definition) is 2. The van der Waals surface area contributed by atoms with Gasteiger partial charge in [0.1, 0.15) is 11.5 Å². The number of amides is 2. The molecule has 2 amide bonds. The number of hydrogen-bond acceptors (Lipinski definition) is 7. The van der Waals surface area contributed by atoms with E-state index in [1.165, 1.54) is 30.2 Å². The van der Waals surface area contributed by atoms with Crippen molar-refractivity contribution in [3.8, 4) is 23.0 Å². The molecule has 208 valence electrons. The molecule has 2 saturated heterocycles. The molecule has 3 aromatic carbocycles. The second-order valence-electron chi connectivity index (χ2n) is 9.83. The summed E-state index contributed by atoms with van der Waals surface area (Å²) < 4.78 is 17.2. The molecule has 2 N–H and O–H groups in total. The van der Waals surface area contributed by atoms with Crippen LogP contribution in [0.15, 0.2) is 66.7 Å². The van der Waals surface area contributed by atoms with Crippen molar-refractivity contribution in [2.24, 2.45) is 0 Å². The Labute approximate surface area is 230 Å². The Morgan fingerprint density at radius 2 is 1.75 bits per heavy atom. The first-order valence-corrected chi connectivity index (χ1v) is 13.0. The molecule has 0 spiro atoms. The van der Waals surface area contributed by atoms with Crippen LogP contribution in [0.5, 0.6) is 23.0 Å². The number of nitro benzene ring substituents is 1. The van der Waals surface area contributed by atoms with Crippen LogP contribution < -0.4 is 19.5 Å². The van der Waals surface area contributed by atoms with Crippen LogP contribution in [0.2, 0.25) is 0 Å². The molecule has 5 rings (SSSR count). The molecule has 2 heterocycles. The van der Waals surface area contributed by atoms with Gasteiger partial charge >= 0.3 is 6.09 Å². The van der Waals surface area contributed by atoms with Gasteiger partial charge in [0, 0.05) is 37.1 Å². The molecule has 2 bridgehead atoms. The molecule has 11 heteroatoms. The standard InChI is InChI=1S/C29H29N3O8/c1-38-26-17-22(32(36)37)8-13-25(26)39-23-9-4-19(5-10-23)18-30-27(33)20-6-11-24(12-7-20)40-29-15-2-3-21(14-16-29)31(29)28(34)35/h4-13,17,21H,2-3,14-16,18H2,1H3,(H,30,33)(H,34,35)/t21-,29-/m1/s1. The van der Waals surface area contributed by atoms with Crippen LogP contribution in [-0.2, 0) is 6.54 Å². The molecule has 0 aromatic heterocycles. The molecule has 2 aliphatic rings. The third-order valence-electron chi connectivity index (χ3n) is 7.37. The highest BCUT2D eigenvalue weighted by atomic mass is 16.6. The fraction of sp³-hybridized carbons (Fsp3) is 0.310. The van der Waals surface area contributed by atoms with Crippen molar-refractivity contribution in [3.05, 3.63) is 88.0 Å². The molecule has 2 atom stereocenters. The van der Waals surface area contributed by atoms with Gasteiger partial charge in [-0.25, -0.2) is 4.79 Å². The molecule has 0 radical (unpaired) electrons. The molecular formula is C29H29N3O8. The van der Waals surface area contributed by atoms with Gasteiger partial charge in [-0.05, 0) is 67.3 Å². The topological polar surface area (TPSA) is 140 Å². The highest BCUT2D eigenvalue weighted by Crippen LogP contribution is 2.45. The fourth-order valence-corrected chi connectivity index (χ4v) is 5.42. The minimum absolute atomic E-state index is 0.00192. The van der Waals surface area contributed by atoms with Gasteiger partial charge in [-0.1, -0.05) is 12.1 Å². The predicted molar refractivity (Wildman–Crippen MR) is 144 cm³/mol. The molecule has 40 heavy (non-hydrogen) atoms. The normalized spacial score (nSPS) is 19.5. The van der Waals surface area contributed by atoms with Crippen molar-refractivity contribution in [3.63, 3.8) is 0 Å². The maximum Gasteiger partial charge on any atom is 0.410 e. The highest BCUT2D eigenvalue weighted by Gasteiger charge is 2.53. The first kappa shape index (κ1) is 26.8. The summed E-state index contributed by atoms with van der Waals surface area (Å²) in [6, 6.07) is 17.9. The highest BCUT2D eigenvalue weighted by molar-refractivity contribution is 5.94. The summed E-state index contributed by atoms with van der Waals surface area (Å²) in [5.41, 5.74) is 0.367. The summed E-state index contributed by atoms with van der Waals surface area (Å²) in [4.78, 5) is 36.5. The van der Waals surface area contributed by atoms with E-state index in [9.17, 15) is 24.8 Å². The number of fused-ring (bicyclic) bond motifs is 2. The average molecular weight is 548 g/mol. The molecule has 0 saturated carbocycles. The first-order chi connectivity index (χ1) is 19.3. The smallest absolute Gasteiger partial charge is 0.410 e. The van der Waals surface area contributed by atoms with Crippen molar-refractivity contribution in [1.29, 1.82) is 0 Å². The van der Waals surface area contributed by atoms with E-state index in [2.05, 4.69) is 5.32 Å². The summed E-state index contributed by atoms with van der Waals surface area (Å²) >= 11 is 0. The van der Waals surface area contributed by atoms with E-state index >= 15 is 0 Å². The lowest BCUT2D eigenvalue weighted by Gasteiger charge is -2.42. The van der Waals surface area contributed by atoms with E-state index in [1.54, 1.807) is 48.5 Å². The van der Waals surface area contributed by atoms with Crippen LogP contribution in [-0.4, -0.2) is 45.8 Å². The molecule has 2 fully saturated rings. The van der Waals surface area contributed by atoms with Crippen LogP contribution >= 0.6 is 0 Å². The minimum Gasteiger partial charge on any atom is -0.493 e. The van der Waals surface area contributed by atoms with E-state index in [0.29, 0.717) is 35.7 Å². The zero-order valence-electron chi connectivity index (χ0n) is 21.9. The lowest BCUT2D eigenvalue weighted by Crippen LogP contribution is -2.56. The number of carboxylic acid groups (broad SMARTS) is 1. The van der Waals surface area contributed by atoms with Crippen LogP contribution in [0.25, 0.3) is 0 Å². The zero-order chi connectivity index (χ0) is 28.3. The van der Waals surface area contributed by atoms with E-state index < -0.39 is 16.7 Å². The van der Waals surface area contributed by atoms with Crippen molar-refractivity contribution in [1.82, 2.24) is 10.2 Å². The predicted octanol–water partition coefficient (Wildman–Crippen LogP) is 5.73. The van der Waals surface area contributed by atoms with Gasteiger partial charge in [-0.3, -0.25) is 19.8 Å². The van der Waals surface area contributed by atoms with E-state index in [1.807, 2.05) is 0 Å². The number of rotatable bonds is 9. The van der Waals surface area contributed by atoms with Crippen LogP contribution in [0.1, 0.15) is 48.0 Å². The average Bonchev–Trinajstić information content (AvgIpc) is 3.18. The van der Waals surface area contributed by atoms with Crippen molar-refractivity contribution >= 4 is 17.7 Å². The van der Waals surface area contributed by atoms with Crippen LogP contribution in [0, 0.1) is 10.1 Å². The number of piperidine rings is 1. The van der Waals surface area contributed by atoms with Gasteiger partial charge in [0.15, 0.2) is 17.2 Å². The second-order valence-corrected chi connectivity index (χ2v) is 9.83. The lowest BCUT2D eigenvalue weighted by atomic mass is 10.00. The Hall–Kier alpha value is -4.80. The van der Waals surface area contributed by atoms with E-state index in [4.69, 9.17) is 14.2 Å². The number of nitro groups is 1. The summed E-state index contributed by atoms with van der Waals surface area (Å²) in [5.74, 6) is 1.36. The van der Waals surface area contributed by atoms with Gasteiger partial charge in [0.25, 0.3) is 11.6 Å². The molecular weight excluding hydrogens is 518 g/mol. The number of carbonyl (C=O) groups excluding carboxylic acids is 1. The van der Waals surface area contributed by atoms with Crippen molar-refractivity contribution < 1.29 is 33.8 Å². The summed E-state index contributed by atoms with van der Waals surface area (Å²) in [7, 11) is 1.41. The van der Waals surface area contributed by atoms with Gasteiger partial charge in [0.2, 0.25) is 0 Å². The first-order valence-electron chi connectivity index (χ1n) is 13.0.